The molecule has 3 aromatic carbocycles. The van der Waals surface area contributed by atoms with Gasteiger partial charge in [-0.15, -0.1) is 0 Å². The maximum absolute atomic E-state index is 9.73. The number of halogens is 1. The highest BCUT2D eigenvalue weighted by Crippen LogP contribution is 2.37. The molecule has 3 N–H and O–H groups in total. The standard InChI is InChI=1S/C28H25ClN4O4/c1-34-20-5-2-17(3-6-20)15-36-26-7-4-19(10-23(26)29)33-28-18(13-30)14-32-25-12-27(24(31)11-22(25)28)37-21-8-9-35-16-21/h2-7,10-12,14,21H,8-9,15-16,31H2,1H3,(H,32,33). The Labute approximate surface area is 219 Å². The van der Waals surface area contributed by atoms with Crippen LogP contribution in [0.3, 0.4) is 0 Å². The van der Waals surface area contributed by atoms with Crippen LogP contribution in [0.25, 0.3) is 10.9 Å². The number of benzene rings is 3. The molecule has 5 rings (SSSR count). The van der Waals surface area contributed by atoms with Crippen molar-refractivity contribution in [1.82, 2.24) is 4.98 Å². The number of ether oxygens (including phenoxy) is 4. The molecule has 0 bridgehead atoms. The summed E-state index contributed by atoms with van der Waals surface area (Å²) in [5.41, 5.74) is 10.1. The van der Waals surface area contributed by atoms with E-state index in [9.17, 15) is 5.26 Å². The summed E-state index contributed by atoms with van der Waals surface area (Å²) in [4.78, 5) is 4.44. The number of anilines is 3. The van der Waals surface area contributed by atoms with Gasteiger partial charge in [-0.1, -0.05) is 23.7 Å². The Kier molecular flexibility index (Phi) is 7.17. The predicted octanol–water partition coefficient (Wildman–Crippen LogP) is 5.84. The molecule has 4 aromatic rings. The minimum atomic E-state index is -0.0386. The molecule has 8 nitrogen and oxygen atoms in total. The fourth-order valence-corrected chi connectivity index (χ4v) is 4.30. The quantitative estimate of drug-likeness (QED) is 0.281. The number of fused-ring (bicyclic) bond motifs is 1. The first-order chi connectivity index (χ1) is 18.0. The molecule has 1 aliphatic heterocycles. The number of nitrogens with zero attached hydrogens (tertiary/aromatic N) is 2. The van der Waals surface area contributed by atoms with E-state index in [4.69, 9.17) is 36.3 Å². The van der Waals surface area contributed by atoms with Gasteiger partial charge in [0.05, 0.1) is 47.8 Å². The van der Waals surface area contributed by atoms with E-state index in [1.165, 1.54) is 6.20 Å². The topological polar surface area (TPSA) is 112 Å². The maximum atomic E-state index is 9.73. The number of nitriles is 1. The molecule has 1 aliphatic rings. The normalized spacial score (nSPS) is 14.8. The second-order valence-corrected chi connectivity index (χ2v) is 8.98. The molecule has 2 heterocycles. The van der Waals surface area contributed by atoms with Gasteiger partial charge < -0.3 is 30.0 Å². The number of nitrogens with two attached hydrogens (primary N) is 1. The molecule has 0 radical (unpaired) electrons. The summed E-state index contributed by atoms with van der Waals surface area (Å²) in [5.74, 6) is 1.88. The molecule has 9 heteroatoms. The Morgan fingerprint density at radius 2 is 2.00 bits per heavy atom. The van der Waals surface area contributed by atoms with Gasteiger partial charge in [-0.2, -0.15) is 5.26 Å². The monoisotopic (exact) mass is 516 g/mol. The number of nitrogens with one attached hydrogen (secondary N) is 1. The first-order valence-corrected chi connectivity index (χ1v) is 12.1. The third-order valence-corrected chi connectivity index (χ3v) is 6.35. The van der Waals surface area contributed by atoms with Crippen molar-refractivity contribution >= 4 is 39.6 Å². The van der Waals surface area contributed by atoms with Crippen molar-refractivity contribution in [3.8, 4) is 23.3 Å². The molecule has 1 unspecified atom stereocenters. The second-order valence-electron chi connectivity index (χ2n) is 8.58. The van der Waals surface area contributed by atoms with Crippen LogP contribution in [-0.4, -0.2) is 31.4 Å². The number of methoxy groups -OCH3 is 1. The third-order valence-electron chi connectivity index (χ3n) is 6.06. The fourth-order valence-electron chi connectivity index (χ4n) is 4.07. The number of nitrogen functional groups attached to an aromatic ring is 1. The van der Waals surface area contributed by atoms with Gasteiger partial charge >= 0.3 is 0 Å². The Morgan fingerprint density at radius 1 is 1.16 bits per heavy atom. The van der Waals surface area contributed by atoms with Crippen molar-refractivity contribution in [2.24, 2.45) is 0 Å². The van der Waals surface area contributed by atoms with E-state index in [1.807, 2.05) is 30.3 Å². The second kappa shape index (κ2) is 10.8. The minimum absolute atomic E-state index is 0.0386. The van der Waals surface area contributed by atoms with Crippen LogP contribution in [0.2, 0.25) is 5.02 Å². The van der Waals surface area contributed by atoms with Crippen molar-refractivity contribution in [3.05, 3.63) is 76.9 Å². The summed E-state index contributed by atoms with van der Waals surface area (Å²) in [6.45, 7) is 1.57. The van der Waals surface area contributed by atoms with Crippen LogP contribution in [0.15, 0.2) is 60.8 Å². The first-order valence-electron chi connectivity index (χ1n) is 11.7. The van der Waals surface area contributed by atoms with Crippen molar-refractivity contribution in [1.29, 1.82) is 5.26 Å². The number of aromatic nitrogens is 1. The first kappa shape index (κ1) is 24.5. The van der Waals surface area contributed by atoms with Gasteiger partial charge in [0.2, 0.25) is 0 Å². The number of hydrogen-bond acceptors (Lipinski definition) is 8. The molecule has 1 atom stereocenters. The van der Waals surface area contributed by atoms with E-state index in [0.29, 0.717) is 69.9 Å². The molecule has 0 amide bonds. The number of hydrogen-bond donors (Lipinski definition) is 2. The summed E-state index contributed by atoms with van der Waals surface area (Å²) >= 11 is 6.52. The average molecular weight is 517 g/mol. The lowest BCUT2D eigenvalue weighted by Gasteiger charge is -2.17. The van der Waals surface area contributed by atoms with E-state index in [-0.39, 0.29) is 6.10 Å². The molecule has 0 spiro atoms. The molecular weight excluding hydrogens is 492 g/mol. The van der Waals surface area contributed by atoms with E-state index in [1.54, 1.807) is 31.4 Å². The largest absolute Gasteiger partial charge is 0.497 e. The van der Waals surface area contributed by atoms with Crippen LogP contribution < -0.4 is 25.3 Å². The number of pyridine rings is 1. The van der Waals surface area contributed by atoms with E-state index >= 15 is 0 Å². The lowest BCUT2D eigenvalue weighted by molar-refractivity contribution is 0.142. The van der Waals surface area contributed by atoms with Gasteiger partial charge in [-0.3, -0.25) is 4.98 Å². The Balaban J connectivity index is 1.37. The van der Waals surface area contributed by atoms with Crippen LogP contribution in [0.5, 0.6) is 17.2 Å². The van der Waals surface area contributed by atoms with Crippen LogP contribution in [0, 0.1) is 11.3 Å². The molecule has 188 valence electrons. The van der Waals surface area contributed by atoms with Crippen molar-refractivity contribution < 1.29 is 18.9 Å². The average Bonchev–Trinajstić information content (AvgIpc) is 3.43. The fraction of sp³-hybridized carbons (Fsp3) is 0.214. The Bertz CT molecular complexity index is 1460. The van der Waals surface area contributed by atoms with Gasteiger partial charge in [0.15, 0.2) is 0 Å². The summed E-state index contributed by atoms with van der Waals surface area (Å²) in [7, 11) is 1.63. The highest BCUT2D eigenvalue weighted by molar-refractivity contribution is 6.32. The van der Waals surface area contributed by atoms with Gasteiger partial charge in [0, 0.05) is 29.8 Å². The molecular formula is C28H25ClN4O4. The highest BCUT2D eigenvalue weighted by atomic mass is 35.5. The maximum Gasteiger partial charge on any atom is 0.144 e. The summed E-state index contributed by atoms with van der Waals surface area (Å²) in [5, 5.41) is 14.2. The van der Waals surface area contributed by atoms with Crippen LogP contribution >= 0.6 is 11.6 Å². The predicted molar refractivity (Wildman–Crippen MR) is 143 cm³/mol. The Hall–Kier alpha value is -4.19. The molecule has 0 saturated carbocycles. The zero-order valence-electron chi connectivity index (χ0n) is 20.2. The van der Waals surface area contributed by atoms with Gasteiger partial charge in [0.25, 0.3) is 0 Å². The zero-order chi connectivity index (χ0) is 25.8. The van der Waals surface area contributed by atoms with Crippen LogP contribution in [-0.2, 0) is 11.3 Å². The SMILES string of the molecule is COc1ccc(COc2ccc(Nc3c(C#N)cnc4cc(OC5CCOC5)c(N)cc34)cc2Cl)cc1. The van der Waals surface area contributed by atoms with Crippen LogP contribution in [0.1, 0.15) is 17.5 Å². The smallest absolute Gasteiger partial charge is 0.144 e. The van der Waals surface area contributed by atoms with Crippen LogP contribution in [0.4, 0.5) is 17.1 Å². The van der Waals surface area contributed by atoms with Gasteiger partial charge in [-0.05, 0) is 42.0 Å². The minimum Gasteiger partial charge on any atom is -0.497 e. The molecule has 0 aliphatic carbocycles. The van der Waals surface area contributed by atoms with E-state index in [0.717, 1.165) is 17.7 Å². The van der Waals surface area contributed by atoms with E-state index < -0.39 is 0 Å². The highest BCUT2D eigenvalue weighted by Gasteiger charge is 2.20. The van der Waals surface area contributed by atoms with Gasteiger partial charge in [-0.25, -0.2) is 0 Å². The summed E-state index contributed by atoms with van der Waals surface area (Å²) < 4.78 is 22.5. The molecule has 1 aromatic heterocycles. The molecule has 1 fully saturated rings. The van der Waals surface area contributed by atoms with Gasteiger partial charge in [0.1, 0.15) is 36.0 Å². The number of rotatable bonds is 8. The molecule has 37 heavy (non-hydrogen) atoms. The lowest BCUT2D eigenvalue weighted by Crippen LogP contribution is -2.16. The zero-order valence-corrected chi connectivity index (χ0v) is 20.9. The molecule has 1 saturated heterocycles. The van der Waals surface area contributed by atoms with Crippen molar-refractivity contribution in [3.63, 3.8) is 0 Å². The summed E-state index contributed by atoms with van der Waals surface area (Å²) in [6.07, 6.45) is 2.30. The lowest BCUT2D eigenvalue weighted by atomic mass is 10.1. The van der Waals surface area contributed by atoms with E-state index in [2.05, 4.69) is 16.4 Å². The Morgan fingerprint density at radius 3 is 2.70 bits per heavy atom. The third kappa shape index (κ3) is 5.48. The summed E-state index contributed by atoms with van der Waals surface area (Å²) in [6, 6.07) is 18.8. The van der Waals surface area contributed by atoms with Crippen molar-refractivity contribution in [2.75, 3.05) is 31.4 Å². The van der Waals surface area contributed by atoms with Crippen molar-refractivity contribution in [2.45, 2.75) is 19.1 Å².